The van der Waals surface area contributed by atoms with Crippen LogP contribution in [0.4, 0.5) is 0 Å². The Labute approximate surface area is 232 Å². The van der Waals surface area contributed by atoms with Gasteiger partial charge in [-0.2, -0.15) is 0 Å². The highest BCUT2D eigenvalue weighted by Crippen LogP contribution is 2.39. The third-order valence-corrected chi connectivity index (χ3v) is 7.51. The molecule has 0 spiro atoms. The summed E-state index contributed by atoms with van der Waals surface area (Å²) >= 11 is 0. The fourth-order valence-electron chi connectivity index (χ4n) is 5.19. The Morgan fingerprint density at radius 1 is 0.763 bits per heavy atom. The molecule has 0 aromatic rings. The van der Waals surface area contributed by atoms with Gasteiger partial charge in [0, 0.05) is 6.08 Å². The van der Waals surface area contributed by atoms with E-state index in [4.69, 9.17) is 14.2 Å². The van der Waals surface area contributed by atoms with Crippen LogP contribution in [-0.2, 0) is 28.6 Å². The average Bonchev–Trinajstić information content (AvgIpc) is 2.88. The Kier molecular flexibility index (Phi) is 18.1. The van der Waals surface area contributed by atoms with Gasteiger partial charge in [0.1, 0.15) is 5.92 Å². The second-order valence-electron chi connectivity index (χ2n) is 11.9. The minimum atomic E-state index is -1.63. The molecule has 1 aliphatic rings. The van der Waals surface area contributed by atoms with Crippen LogP contribution in [0.25, 0.3) is 0 Å². The van der Waals surface area contributed by atoms with Gasteiger partial charge < -0.3 is 14.2 Å². The maximum Gasteiger partial charge on any atom is 0.351 e. The lowest BCUT2D eigenvalue weighted by atomic mass is 9.75. The van der Waals surface area contributed by atoms with E-state index in [0.717, 1.165) is 63.4 Å². The molecule has 0 bridgehead atoms. The topological polar surface area (TPSA) is 78.9 Å². The molecule has 2 atom stereocenters. The largest absolute Gasteiger partial charge is 0.465 e. The van der Waals surface area contributed by atoms with Gasteiger partial charge in [0.2, 0.25) is 5.60 Å². The van der Waals surface area contributed by atoms with Crippen LogP contribution in [0.5, 0.6) is 0 Å². The highest BCUT2D eigenvalue weighted by Gasteiger charge is 2.55. The van der Waals surface area contributed by atoms with E-state index in [1.54, 1.807) is 0 Å². The first-order valence-corrected chi connectivity index (χ1v) is 15.4. The summed E-state index contributed by atoms with van der Waals surface area (Å²) in [6.45, 7) is 13.0. The van der Waals surface area contributed by atoms with E-state index in [2.05, 4.69) is 34.3 Å². The van der Waals surface area contributed by atoms with Crippen molar-refractivity contribution in [3.8, 4) is 0 Å². The number of hydrogen-bond donors (Lipinski definition) is 0. The molecule has 6 nitrogen and oxygen atoms in total. The number of carbonyl (C=O) groups is 3. The van der Waals surface area contributed by atoms with E-state index in [9.17, 15) is 14.4 Å². The van der Waals surface area contributed by atoms with Crippen molar-refractivity contribution < 1.29 is 28.6 Å². The monoisotopic (exact) mass is 536 g/mol. The van der Waals surface area contributed by atoms with E-state index in [-0.39, 0.29) is 13.0 Å². The summed E-state index contributed by atoms with van der Waals surface area (Å²) in [5.41, 5.74) is -1.63. The van der Waals surface area contributed by atoms with E-state index in [1.807, 2.05) is 0 Å². The molecule has 0 radical (unpaired) electrons. The van der Waals surface area contributed by atoms with Crippen LogP contribution in [0.1, 0.15) is 137 Å². The summed E-state index contributed by atoms with van der Waals surface area (Å²) < 4.78 is 16.8. The molecule has 1 saturated carbocycles. The van der Waals surface area contributed by atoms with Crippen molar-refractivity contribution >= 4 is 17.9 Å². The van der Waals surface area contributed by atoms with Gasteiger partial charge in [-0.1, -0.05) is 111 Å². The molecular formula is C32H56O6. The predicted molar refractivity (Wildman–Crippen MR) is 153 cm³/mol. The van der Waals surface area contributed by atoms with Crippen molar-refractivity contribution in [2.75, 3.05) is 13.2 Å². The molecule has 38 heavy (non-hydrogen) atoms. The molecule has 0 N–H and O–H groups in total. The lowest BCUT2D eigenvalue weighted by Crippen LogP contribution is -2.55. The fourth-order valence-corrected chi connectivity index (χ4v) is 5.19. The maximum absolute atomic E-state index is 13.3. The van der Waals surface area contributed by atoms with Crippen molar-refractivity contribution in [1.29, 1.82) is 0 Å². The molecule has 0 aromatic heterocycles. The number of ether oxygens (including phenoxy) is 3. The van der Waals surface area contributed by atoms with Crippen molar-refractivity contribution in [1.82, 2.24) is 0 Å². The summed E-state index contributed by atoms with van der Waals surface area (Å²) in [5.74, 6) is -1.23. The van der Waals surface area contributed by atoms with Crippen LogP contribution in [-0.4, -0.2) is 36.7 Å². The number of unbranched alkanes of at least 4 members (excludes halogenated alkanes) is 9. The third kappa shape index (κ3) is 13.8. The maximum atomic E-state index is 13.3. The summed E-state index contributed by atoms with van der Waals surface area (Å²) in [6.07, 6.45) is 17.8. The SMILES string of the molecule is C=CC(=O)OC1(C(=O)OCCCCCC(C)C)CCCCC1C(=O)OCCCCCCCCCCC(C)C. The Balaban J connectivity index is 2.51. The number of esters is 3. The average molecular weight is 537 g/mol. The normalized spacial score (nSPS) is 19.4. The fraction of sp³-hybridized carbons (Fsp3) is 0.844. The van der Waals surface area contributed by atoms with Gasteiger partial charge >= 0.3 is 17.9 Å². The van der Waals surface area contributed by atoms with Crippen LogP contribution in [0.3, 0.4) is 0 Å². The lowest BCUT2D eigenvalue weighted by Gasteiger charge is -2.39. The molecule has 0 amide bonds. The molecule has 220 valence electrons. The van der Waals surface area contributed by atoms with Crippen LogP contribution < -0.4 is 0 Å². The van der Waals surface area contributed by atoms with Gasteiger partial charge in [0.05, 0.1) is 13.2 Å². The molecule has 0 aliphatic heterocycles. The zero-order valence-corrected chi connectivity index (χ0v) is 24.9. The second kappa shape index (κ2) is 20.1. The highest BCUT2D eigenvalue weighted by atomic mass is 16.6. The van der Waals surface area contributed by atoms with E-state index >= 15 is 0 Å². The quantitative estimate of drug-likeness (QED) is 0.0638. The zero-order valence-electron chi connectivity index (χ0n) is 24.9. The molecule has 1 aliphatic carbocycles. The van der Waals surface area contributed by atoms with Crippen LogP contribution >= 0.6 is 0 Å². The Morgan fingerprint density at radius 3 is 1.82 bits per heavy atom. The molecule has 6 heteroatoms. The van der Waals surface area contributed by atoms with Crippen LogP contribution in [0.15, 0.2) is 12.7 Å². The van der Waals surface area contributed by atoms with Gasteiger partial charge in [0.25, 0.3) is 0 Å². The number of hydrogen-bond acceptors (Lipinski definition) is 6. The standard InChI is InChI=1S/C32H56O6/c1-6-29(33)38-32(31(35)37-25-19-13-15-21-27(4)5)23-17-16-22-28(32)30(34)36-24-18-12-10-8-7-9-11-14-20-26(2)3/h6,26-28H,1,7-25H2,2-5H3. The first-order chi connectivity index (χ1) is 18.2. The first kappa shape index (κ1) is 34.2. The molecule has 0 saturated heterocycles. The third-order valence-electron chi connectivity index (χ3n) is 7.51. The molecule has 1 rings (SSSR count). The van der Waals surface area contributed by atoms with Crippen molar-refractivity contribution in [2.24, 2.45) is 17.8 Å². The minimum absolute atomic E-state index is 0.254. The van der Waals surface area contributed by atoms with Gasteiger partial charge in [-0.15, -0.1) is 0 Å². The van der Waals surface area contributed by atoms with Crippen LogP contribution in [0.2, 0.25) is 0 Å². The van der Waals surface area contributed by atoms with Gasteiger partial charge in [0.15, 0.2) is 0 Å². The predicted octanol–water partition coefficient (Wildman–Crippen LogP) is 8.11. The van der Waals surface area contributed by atoms with Crippen molar-refractivity contribution in [2.45, 2.75) is 142 Å². The van der Waals surface area contributed by atoms with E-state index in [1.165, 1.54) is 38.5 Å². The van der Waals surface area contributed by atoms with Gasteiger partial charge in [-0.05, 0) is 43.9 Å². The minimum Gasteiger partial charge on any atom is -0.465 e. The van der Waals surface area contributed by atoms with Crippen molar-refractivity contribution in [3.05, 3.63) is 12.7 Å². The van der Waals surface area contributed by atoms with E-state index < -0.39 is 29.4 Å². The number of rotatable bonds is 21. The zero-order chi connectivity index (χ0) is 28.2. The molecule has 2 unspecified atom stereocenters. The number of carbonyl (C=O) groups excluding carboxylic acids is 3. The summed E-state index contributed by atoms with van der Waals surface area (Å²) in [7, 11) is 0. The smallest absolute Gasteiger partial charge is 0.351 e. The van der Waals surface area contributed by atoms with Gasteiger partial charge in [-0.25, -0.2) is 9.59 Å². The molecule has 1 fully saturated rings. The van der Waals surface area contributed by atoms with Crippen molar-refractivity contribution in [3.63, 3.8) is 0 Å². The van der Waals surface area contributed by atoms with Crippen LogP contribution in [0, 0.1) is 17.8 Å². The Bertz CT molecular complexity index is 685. The molecule has 0 heterocycles. The first-order valence-electron chi connectivity index (χ1n) is 15.4. The second-order valence-corrected chi connectivity index (χ2v) is 11.9. The summed E-state index contributed by atoms with van der Waals surface area (Å²) in [4.78, 5) is 38.6. The Hall–Kier alpha value is -1.85. The lowest BCUT2D eigenvalue weighted by molar-refractivity contribution is -0.198. The molecular weight excluding hydrogens is 480 g/mol. The Morgan fingerprint density at radius 2 is 1.26 bits per heavy atom. The molecule has 0 aromatic carbocycles. The highest BCUT2D eigenvalue weighted by molar-refractivity contribution is 5.92. The summed E-state index contributed by atoms with van der Waals surface area (Å²) in [5, 5.41) is 0. The van der Waals surface area contributed by atoms with E-state index in [0.29, 0.717) is 25.4 Å². The van der Waals surface area contributed by atoms with Gasteiger partial charge in [-0.3, -0.25) is 4.79 Å². The summed E-state index contributed by atoms with van der Waals surface area (Å²) in [6, 6.07) is 0.